The van der Waals surface area contributed by atoms with Crippen molar-refractivity contribution in [3.8, 4) is 10.6 Å². The molecule has 1 amide bonds. The Labute approximate surface area is 192 Å². The third-order valence-corrected chi connectivity index (χ3v) is 7.50. The number of hydrogen-bond donors (Lipinski definition) is 0. The number of likely N-dealkylation sites (tertiary alicyclic amines) is 1. The lowest BCUT2D eigenvalue weighted by Gasteiger charge is -2.42. The van der Waals surface area contributed by atoms with E-state index in [4.69, 9.17) is 0 Å². The molecule has 8 nitrogen and oxygen atoms in total. The smallest absolute Gasteiger partial charge is 0.228 e. The summed E-state index contributed by atoms with van der Waals surface area (Å²) in [6, 6.07) is 8.58. The van der Waals surface area contributed by atoms with Crippen molar-refractivity contribution in [3.63, 3.8) is 0 Å². The van der Waals surface area contributed by atoms with Crippen LogP contribution in [0, 0.1) is 6.92 Å². The van der Waals surface area contributed by atoms with Crippen LogP contribution in [0.25, 0.3) is 21.5 Å². The maximum absolute atomic E-state index is 12.9. The van der Waals surface area contributed by atoms with Gasteiger partial charge in [0.2, 0.25) is 5.91 Å². The highest BCUT2D eigenvalue weighted by atomic mass is 32.1. The Balaban J connectivity index is 1.22. The van der Waals surface area contributed by atoms with E-state index in [-0.39, 0.29) is 5.91 Å². The van der Waals surface area contributed by atoms with Crippen LogP contribution in [0.4, 0.5) is 0 Å². The van der Waals surface area contributed by atoms with Crippen molar-refractivity contribution < 1.29 is 4.79 Å². The van der Waals surface area contributed by atoms with Gasteiger partial charge in [0.15, 0.2) is 0 Å². The SMILES string of the molecule is Cc1nnc(-c2ccc3nnc(CC(=O)N4CCC(N5CCN(C)CC5)CC4)cc3c2)s1. The van der Waals surface area contributed by atoms with Crippen molar-refractivity contribution in [2.24, 2.45) is 0 Å². The molecule has 5 rings (SSSR count). The highest BCUT2D eigenvalue weighted by Gasteiger charge is 2.28. The third-order valence-electron chi connectivity index (χ3n) is 6.61. The molecule has 32 heavy (non-hydrogen) atoms. The third kappa shape index (κ3) is 4.65. The maximum Gasteiger partial charge on any atom is 0.228 e. The van der Waals surface area contributed by atoms with Crippen LogP contribution in [0.3, 0.4) is 0 Å². The van der Waals surface area contributed by atoms with E-state index >= 15 is 0 Å². The monoisotopic (exact) mass is 451 g/mol. The van der Waals surface area contributed by atoms with Gasteiger partial charge >= 0.3 is 0 Å². The molecule has 0 aliphatic carbocycles. The summed E-state index contributed by atoms with van der Waals surface area (Å²) in [6.45, 7) is 8.17. The molecule has 4 heterocycles. The summed E-state index contributed by atoms with van der Waals surface area (Å²) in [6.07, 6.45) is 2.41. The van der Waals surface area contributed by atoms with Gasteiger partial charge in [-0.05, 0) is 51.1 Å². The minimum Gasteiger partial charge on any atom is -0.342 e. The largest absolute Gasteiger partial charge is 0.342 e. The zero-order valence-corrected chi connectivity index (χ0v) is 19.5. The van der Waals surface area contributed by atoms with Crippen molar-refractivity contribution in [1.29, 1.82) is 0 Å². The second-order valence-corrected chi connectivity index (χ2v) is 10.0. The van der Waals surface area contributed by atoms with E-state index < -0.39 is 0 Å². The number of amides is 1. The van der Waals surface area contributed by atoms with E-state index in [0.717, 1.165) is 78.6 Å². The average molecular weight is 452 g/mol. The first kappa shape index (κ1) is 21.4. The zero-order valence-electron chi connectivity index (χ0n) is 18.7. The van der Waals surface area contributed by atoms with E-state index in [0.29, 0.717) is 18.2 Å². The minimum atomic E-state index is 0.145. The van der Waals surface area contributed by atoms with Crippen LogP contribution in [-0.2, 0) is 11.2 Å². The Hall–Kier alpha value is -2.49. The second-order valence-electron chi connectivity index (χ2n) is 8.86. The molecule has 2 fully saturated rings. The molecule has 3 aromatic rings. The fourth-order valence-electron chi connectivity index (χ4n) is 4.65. The summed E-state index contributed by atoms with van der Waals surface area (Å²) in [7, 11) is 2.19. The zero-order chi connectivity index (χ0) is 22.1. The Morgan fingerprint density at radius 2 is 1.78 bits per heavy atom. The van der Waals surface area contributed by atoms with E-state index in [1.807, 2.05) is 30.0 Å². The minimum absolute atomic E-state index is 0.145. The van der Waals surface area contributed by atoms with Crippen LogP contribution in [0.15, 0.2) is 24.3 Å². The first-order valence-corrected chi connectivity index (χ1v) is 12.1. The van der Waals surface area contributed by atoms with E-state index in [1.54, 1.807) is 11.3 Å². The number of hydrogen-bond acceptors (Lipinski definition) is 8. The van der Waals surface area contributed by atoms with Gasteiger partial charge in [-0.25, -0.2) is 0 Å². The maximum atomic E-state index is 12.9. The van der Waals surface area contributed by atoms with Gasteiger partial charge in [-0.3, -0.25) is 9.69 Å². The standard InChI is InChI=1S/C23H29N7OS/c1-16-24-27-23(32-16)17-3-4-21-18(13-17)14-19(25-26-21)15-22(31)30-7-5-20(6-8-30)29-11-9-28(2)10-12-29/h3-4,13-14,20H,5-12,15H2,1-2H3. The molecule has 0 N–H and O–H groups in total. The van der Waals surface area contributed by atoms with Crippen LogP contribution >= 0.6 is 11.3 Å². The van der Waals surface area contributed by atoms with Crippen LogP contribution < -0.4 is 0 Å². The van der Waals surface area contributed by atoms with E-state index in [9.17, 15) is 4.79 Å². The van der Waals surface area contributed by atoms with Gasteiger partial charge in [0.05, 0.1) is 17.6 Å². The van der Waals surface area contributed by atoms with Crippen molar-refractivity contribution >= 4 is 28.1 Å². The number of aromatic nitrogens is 4. The lowest BCUT2D eigenvalue weighted by atomic mass is 10.0. The van der Waals surface area contributed by atoms with Crippen molar-refractivity contribution in [1.82, 2.24) is 35.1 Å². The van der Waals surface area contributed by atoms with Crippen molar-refractivity contribution in [2.45, 2.75) is 32.2 Å². The van der Waals surface area contributed by atoms with Gasteiger partial charge in [0.1, 0.15) is 10.0 Å². The van der Waals surface area contributed by atoms with Gasteiger partial charge < -0.3 is 9.80 Å². The number of rotatable bonds is 4. The molecule has 9 heteroatoms. The summed E-state index contributed by atoms with van der Waals surface area (Å²) in [4.78, 5) is 19.9. The lowest BCUT2D eigenvalue weighted by Crippen LogP contribution is -2.53. The highest BCUT2D eigenvalue weighted by molar-refractivity contribution is 7.14. The van der Waals surface area contributed by atoms with Gasteiger partial charge in [0, 0.05) is 56.3 Å². The van der Waals surface area contributed by atoms with Crippen molar-refractivity contribution in [3.05, 3.63) is 35.0 Å². The van der Waals surface area contributed by atoms with Crippen LogP contribution in [0.1, 0.15) is 23.5 Å². The molecule has 0 unspecified atom stereocenters. The van der Waals surface area contributed by atoms with Crippen LogP contribution in [0.2, 0.25) is 0 Å². The number of fused-ring (bicyclic) bond motifs is 1. The predicted molar refractivity (Wildman–Crippen MR) is 126 cm³/mol. The lowest BCUT2D eigenvalue weighted by molar-refractivity contribution is -0.132. The second kappa shape index (κ2) is 9.17. The summed E-state index contributed by atoms with van der Waals surface area (Å²) < 4.78 is 0. The number of nitrogens with zero attached hydrogens (tertiary/aromatic N) is 7. The molecule has 0 saturated carbocycles. The average Bonchev–Trinajstić information content (AvgIpc) is 3.25. The van der Waals surface area contributed by atoms with Crippen LogP contribution in [-0.4, -0.2) is 93.4 Å². The predicted octanol–water partition coefficient (Wildman–Crippen LogP) is 2.24. The highest BCUT2D eigenvalue weighted by Crippen LogP contribution is 2.26. The van der Waals surface area contributed by atoms with E-state index in [1.165, 1.54) is 0 Å². The Kier molecular flexibility index (Phi) is 6.12. The van der Waals surface area contributed by atoms with Gasteiger partial charge in [-0.2, -0.15) is 10.2 Å². The number of piperazine rings is 1. The van der Waals surface area contributed by atoms with Gasteiger partial charge in [-0.1, -0.05) is 11.3 Å². The Morgan fingerprint density at radius 1 is 1.00 bits per heavy atom. The van der Waals surface area contributed by atoms with E-state index in [2.05, 4.69) is 43.3 Å². The fraction of sp³-hybridized carbons (Fsp3) is 0.522. The number of likely N-dealkylation sites (N-methyl/N-ethyl adjacent to an activating group) is 1. The quantitative estimate of drug-likeness (QED) is 0.602. The molecule has 1 aromatic carbocycles. The molecule has 2 aromatic heterocycles. The number of carbonyl (C=O) groups is 1. The summed E-state index contributed by atoms with van der Waals surface area (Å²) in [5.74, 6) is 0.145. The topological polar surface area (TPSA) is 78.3 Å². The van der Waals surface area contributed by atoms with Crippen LogP contribution in [0.5, 0.6) is 0 Å². The number of carbonyl (C=O) groups excluding carboxylic acids is 1. The molecular weight excluding hydrogens is 422 g/mol. The van der Waals surface area contributed by atoms with Gasteiger partial charge in [0.25, 0.3) is 0 Å². The molecule has 168 valence electrons. The molecule has 0 bridgehead atoms. The number of benzene rings is 1. The first-order valence-electron chi connectivity index (χ1n) is 11.3. The van der Waals surface area contributed by atoms with Gasteiger partial charge in [-0.15, -0.1) is 10.2 Å². The summed E-state index contributed by atoms with van der Waals surface area (Å²) >= 11 is 1.57. The number of aryl methyl sites for hydroxylation is 1. The molecule has 0 radical (unpaired) electrons. The molecular formula is C23H29N7OS. The number of piperidine rings is 1. The Bertz CT molecular complexity index is 1100. The molecule has 2 saturated heterocycles. The molecule has 0 spiro atoms. The summed E-state index contributed by atoms with van der Waals surface area (Å²) in [5.41, 5.74) is 2.55. The molecule has 0 atom stereocenters. The fourth-order valence-corrected chi connectivity index (χ4v) is 5.34. The first-order chi connectivity index (χ1) is 15.5. The molecule has 2 aliphatic heterocycles. The Morgan fingerprint density at radius 3 is 2.50 bits per heavy atom. The van der Waals surface area contributed by atoms with Crippen molar-refractivity contribution in [2.75, 3.05) is 46.3 Å². The summed E-state index contributed by atoms with van der Waals surface area (Å²) in [5, 5.41) is 19.8. The normalized spacial score (nSPS) is 19.0. The molecule has 2 aliphatic rings.